The molecule has 4 aliphatic rings. The van der Waals surface area contributed by atoms with Crippen molar-refractivity contribution in [2.24, 2.45) is 15.9 Å². The summed E-state index contributed by atoms with van der Waals surface area (Å²) in [6.45, 7) is 8.11. The zero-order valence-electron chi connectivity index (χ0n) is 19.7. The number of aliphatic imine (C=N–C) groups is 2. The highest BCUT2D eigenvalue weighted by molar-refractivity contribution is 8.14. The van der Waals surface area contributed by atoms with Gasteiger partial charge in [-0.1, -0.05) is 79.8 Å². The van der Waals surface area contributed by atoms with Crippen molar-refractivity contribution in [1.82, 2.24) is 9.80 Å². The molecule has 34 heavy (non-hydrogen) atoms. The van der Waals surface area contributed by atoms with Crippen molar-refractivity contribution in [3.63, 3.8) is 0 Å². The van der Waals surface area contributed by atoms with Gasteiger partial charge in [-0.15, -0.1) is 0 Å². The number of carbonyl (C=O) groups is 1. The van der Waals surface area contributed by atoms with Crippen molar-refractivity contribution in [3.05, 3.63) is 65.7 Å². The molecule has 4 heterocycles. The number of carbonyl (C=O) groups excluding carboxylic acids is 1. The van der Waals surface area contributed by atoms with Crippen LogP contribution in [-0.2, 0) is 4.79 Å². The summed E-state index contributed by atoms with van der Waals surface area (Å²) in [6, 6.07) is 19.2. The van der Waals surface area contributed by atoms with Gasteiger partial charge in [0.25, 0.3) is 0 Å². The Morgan fingerprint density at radius 3 is 2.06 bits per heavy atom. The zero-order valence-corrected chi connectivity index (χ0v) is 21.3. The van der Waals surface area contributed by atoms with E-state index in [1.165, 1.54) is 33.8 Å². The molecular formula is C26H31N5OS2. The SMILES string of the molecule is CC(C)C(=O)Nc1cccc(C2CN3CCSC3=N2)c1.c1ccc([C@H]2CN3CCSC3=N2)cc1. The normalized spacial score (nSPS) is 22.7. The van der Waals surface area contributed by atoms with E-state index in [0.717, 1.165) is 31.1 Å². The number of amides is 1. The number of thioether (sulfide) groups is 2. The highest BCUT2D eigenvalue weighted by Gasteiger charge is 2.31. The molecule has 2 saturated heterocycles. The first-order valence-electron chi connectivity index (χ1n) is 11.9. The van der Waals surface area contributed by atoms with E-state index in [2.05, 4.69) is 51.5 Å². The van der Waals surface area contributed by atoms with Crippen molar-refractivity contribution >= 4 is 45.5 Å². The van der Waals surface area contributed by atoms with Crippen LogP contribution in [0, 0.1) is 5.92 Å². The summed E-state index contributed by atoms with van der Waals surface area (Å²) < 4.78 is 0. The molecule has 1 N–H and O–H groups in total. The summed E-state index contributed by atoms with van der Waals surface area (Å²) in [5.41, 5.74) is 3.38. The third-order valence-corrected chi connectivity index (χ3v) is 8.31. The molecule has 6 nitrogen and oxygen atoms in total. The minimum absolute atomic E-state index is 0.00718. The average molecular weight is 494 g/mol. The first-order valence-corrected chi connectivity index (χ1v) is 13.9. The third-order valence-electron chi connectivity index (χ3n) is 6.29. The van der Waals surface area contributed by atoms with Crippen LogP contribution in [0.25, 0.3) is 0 Å². The van der Waals surface area contributed by atoms with Crippen molar-refractivity contribution in [2.45, 2.75) is 25.9 Å². The van der Waals surface area contributed by atoms with Crippen LogP contribution in [0.5, 0.6) is 0 Å². The van der Waals surface area contributed by atoms with Crippen LogP contribution < -0.4 is 5.32 Å². The molecule has 1 unspecified atom stereocenters. The Kier molecular flexibility index (Phi) is 7.15. The maximum absolute atomic E-state index is 11.8. The molecule has 0 spiro atoms. The second-order valence-electron chi connectivity index (χ2n) is 9.12. The van der Waals surface area contributed by atoms with Crippen molar-refractivity contribution < 1.29 is 4.79 Å². The molecule has 0 radical (unpaired) electrons. The lowest BCUT2D eigenvalue weighted by Gasteiger charge is -2.14. The van der Waals surface area contributed by atoms with Gasteiger partial charge in [-0.25, -0.2) is 0 Å². The monoisotopic (exact) mass is 493 g/mol. The smallest absolute Gasteiger partial charge is 0.226 e. The fraction of sp³-hybridized carbons (Fsp3) is 0.423. The fourth-order valence-corrected chi connectivity index (χ4v) is 6.44. The molecule has 178 valence electrons. The minimum Gasteiger partial charge on any atom is -0.348 e. The number of amidine groups is 2. The van der Waals surface area contributed by atoms with E-state index in [4.69, 9.17) is 9.98 Å². The number of nitrogens with one attached hydrogen (secondary N) is 1. The van der Waals surface area contributed by atoms with Gasteiger partial charge < -0.3 is 15.1 Å². The van der Waals surface area contributed by atoms with E-state index in [0.29, 0.717) is 6.04 Å². The van der Waals surface area contributed by atoms with Gasteiger partial charge in [0.15, 0.2) is 10.3 Å². The summed E-state index contributed by atoms with van der Waals surface area (Å²) >= 11 is 3.72. The predicted molar refractivity (Wildman–Crippen MR) is 145 cm³/mol. The second kappa shape index (κ2) is 10.4. The number of hydrogen-bond acceptors (Lipinski definition) is 7. The van der Waals surface area contributed by atoms with Gasteiger partial charge in [-0.3, -0.25) is 14.8 Å². The molecule has 0 aliphatic carbocycles. The molecule has 6 rings (SSSR count). The lowest BCUT2D eigenvalue weighted by molar-refractivity contribution is -0.118. The number of nitrogens with zero attached hydrogens (tertiary/aromatic N) is 4. The van der Waals surface area contributed by atoms with Gasteiger partial charge >= 0.3 is 0 Å². The molecule has 0 bridgehead atoms. The molecule has 1 amide bonds. The van der Waals surface area contributed by atoms with Gasteiger partial charge in [0, 0.05) is 49.3 Å². The Morgan fingerprint density at radius 1 is 0.882 bits per heavy atom. The van der Waals surface area contributed by atoms with E-state index in [1.54, 1.807) is 0 Å². The fourth-order valence-electron chi connectivity index (χ4n) is 4.36. The minimum atomic E-state index is -0.00718. The Balaban J connectivity index is 0.000000150. The van der Waals surface area contributed by atoms with Crippen LogP contribution in [0.4, 0.5) is 5.69 Å². The average Bonchev–Trinajstić information content (AvgIpc) is 3.61. The molecule has 2 fully saturated rings. The Morgan fingerprint density at radius 2 is 1.47 bits per heavy atom. The van der Waals surface area contributed by atoms with E-state index in [-0.39, 0.29) is 17.9 Å². The molecule has 4 aliphatic heterocycles. The number of hydrogen-bond donors (Lipinski definition) is 1. The third kappa shape index (κ3) is 5.28. The summed E-state index contributed by atoms with van der Waals surface area (Å²) in [4.78, 5) is 26.0. The maximum atomic E-state index is 11.8. The summed E-state index contributed by atoms with van der Waals surface area (Å²) in [5.74, 6) is 2.40. The highest BCUT2D eigenvalue weighted by Crippen LogP contribution is 2.33. The van der Waals surface area contributed by atoms with Crippen LogP contribution in [0.15, 0.2) is 64.6 Å². The van der Waals surface area contributed by atoms with Gasteiger partial charge in [0.05, 0.1) is 12.1 Å². The molecule has 2 atom stereocenters. The van der Waals surface area contributed by atoms with Crippen molar-refractivity contribution in [3.8, 4) is 0 Å². The zero-order chi connectivity index (χ0) is 23.5. The Bertz CT molecular complexity index is 1090. The van der Waals surface area contributed by atoms with Crippen LogP contribution in [0.3, 0.4) is 0 Å². The van der Waals surface area contributed by atoms with Crippen LogP contribution in [-0.4, -0.2) is 63.7 Å². The van der Waals surface area contributed by atoms with Gasteiger partial charge in [-0.05, 0) is 23.3 Å². The lowest BCUT2D eigenvalue weighted by atomic mass is 10.1. The van der Waals surface area contributed by atoms with Crippen molar-refractivity contribution in [1.29, 1.82) is 0 Å². The number of rotatable bonds is 4. The van der Waals surface area contributed by atoms with E-state index >= 15 is 0 Å². The van der Waals surface area contributed by atoms with Crippen LogP contribution in [0.1, 0.15) is 37.1 Å². The van der Waals surface area contributed by atoms with Gasteiger partial charge in [0.2, 0.25) is 5.91 Å². The van der Waals surface area contributed by atoms with E-state index in [9.17, 15) is 4.79 Å². The summed E-state index contributed by atoms with van der Waals surface area (Å²) in [5, 5.41) is 5.37. The highest BCUT2D eigenvalue weighted by atomic mass is 32.2. The number of fused-ring (bicyclic) bond motifs is 2. The summed E-state index contributed by atoms with van der Waals surface area (Å²) in [6.07, 6.45) is 0. The second-order valence-corrected chi connectivity index (χ2v) is 11.2. The summed E-state index contributed by atoms with van der Waals surface area (Å²) in [7, 11) is 0. The Labute approximate surface area is 210 Å². The van der Waals surface area contributed by atoms with Gasteiger partial charge in [-0.2, -0.15) is 0 Å². The van der Waals surface area contributed by atoms with Gasteiger partial charge in [0.1, 0.15) is 0 Å². The largest absolute Gasteiger partial charge is 0.348 e. The molecule has 8 heteroatoms. The number of benzene rings is 2. The maximum Gasteiger partial charge on any atom is 0.226 e. The van der Waals surface area contributed by atoms with E-state index in [1.807, 2.05) is 55.6 Å². The lowest BCUT2D eigenvalue weighted by Crippen LogP contribution is -2.22. The molecule has 0 aromatic heterocycles. The Hall–Kier alpha value is -2.45. The molecular weight excluding hydrogens is 462 g/mol. The predicted octanol–water partition coefficient (Wildman–Crippen LogP) is 4.89. The number of anilines is 1. The van der Waals surface area contributed by atoms with Crippen LogP contribution >= 0.6 is 23.5 Å². The van der Waals surface area contributed by atoms with Crippen LogP contribution in [0.2, 0.25) is 0 Å². The molecule has 2 aromatic carbocycles. The van der Waals surface area contributed by atoms with Crippen molar-refractivity contribution in [2.75, 3.05) is 43.0 Å². The topological polar surface area (TPSA) is 60.3 Å². The van der Waals surface area contributed by atoms with E-state index < -0.39 is 0 Å². The molecule has 0 saturated carbocycles. The first-order chi connectivity index (χ1) is 16.6. The standard InChI is InChI=1S/C15H19N3OS.C11H12N2S/c1-10(2)14(19)16-12-5-3-4-11(8-12)13-9-18-6-7-20-15(18)17-13;1-2-4-9(5-3-1)10-8-13-6-7-14-11(13)12-10/h3-5,8,10,13H,6-7,9H2,1-2H3,(H,16,19);1-5,10H,6-8H2/t;10-/m.1/s1. The first kappa shape index (κ1) is 23.3. The quantitative estimate of drug-likeness (QED) is 0.657. The molecule has 2 aromatic rings.